The van der Waals surface area contributed by atoms with Crippen LogP contribution in [0.1, 0.15) is 47.2 Å². The molecule has 0 saturated heterocycles. The van der Waals surface area contributed by atoms with Crippen molar-refractivity contribution in [3.8, 4) is 0 Å². The molecule has 0 spiro atoms. The van der Waals surface area contributed by atoms with Crippen LogP contribution in [0.5, 0.6) is 0 Å². The van der Waals surface area contributed by atoms with E-state index in [9.17, 15) is 9.18 Å². The van der Waals surface area contributed by atoms with Crippen LogP contribution >= 0.6 is 0 Å². The van der Waals surface area contributed by atoms with Gasteiger partial charge in [0, 0.05) is 43.5 Å². The molecule has 6 nitrogen and oxygen atoms in total. The van der Waals surface area contributed by atoms with Gasteiger partial charge in [0.15, 0.2) is 0 Å². The zero-order valence-corrected chi connectivity index (χ0v) is 16.9. The summed E-state index contributed by atoms with van der Waals surface area (Å²) in [6, 6.07) is 4.98. The monoisotopic (exact) mass is 385 g/mol. The molecule has 1 aliphatic rings. The van der Waals surface area contributed by atoms with Crippen LogP contribution in [-0.4, -0.2) is 42.1 Å². The number of carbonyl (C=O) groups excluding carboxylic acids is 1. The Morgan fingerprint density at radius 2 is 1.79 bits per heavy atom. The highest BCUT2D eigenvalue weighted by molar-refractivity contribution is 5.94. The van der Waals surface area contributed by atoms with E-state index in [0.717, 1.165) is 37.1 Å². The summed E-state index contributed by atoms with van der Waals surface area (Å²) in [6.07, 6.45) is 5.40. The molecule has 150 valence electrons. The Kier molecular flexibility index (Phi) is 6.11. The van der Waals surface area contributed by atoms with Crippen molar-refractivity contribution < 1.29 is 9.18 Å². The Balaban J connectivity index is 1.52. The van der Waals surface area contributed by atoms with Gasteiger partial charge in [0.05, 0.1) is 0 Å². The van der Waals surface area contributed by atoms with Gasteiger partial charge in [-0.3, -0.25) is 4.79 Å². The molecule has 0 aliphatic heterocycles. The van der Waals surface area contributed by atoms with Crippen molar-refractivity contribution in [1.29, 1.82) is 0 Å². The number of rotatable bonds is 5. The summed E-state index contributed by atoms with van der Waals surface area (Å²) in [5, 5.41) is 6.44. The van der Waals surface area contributed by atoms with Crippen LogP contribution < -0.4 is 15.5 Å². The van der Waals surface area contributed by atoms with Gasteiger partial charge in [-0.1, -0.05) is 6.07 Å². The highest BCUT2D eigenvalue weighted by atomic mass is 19.1. The number of aryl methyl sites for hydroxylation is 2. The Morgan fingerprint density at radius 1 is 1.11 bits per heavy atom. The van der Waals surface area contributed by atoms with Gasteiger partial charge in [0.25, 0.3) is 5.91 Å². The molecule has 1 aliphatic carbocycles. The lowest BCUT2D eigenvalue weighted by molar-refractivity contribution is 0.0926. The van der Waals surface area contributed by atoms with E-state index >= 15 is 0 Å². The van der Waals surface area contributed by atoms with Crippen LogP contribution in [0.4, 0.5) is 16.2 Å². The van der Waals surface area contributed by atoms with E-state index in [1.165, 1.54) is 6.07 Å². The highest BCUT2D eigenvalue weighted by Crippen LogP contribution is 2.23. The predicted molar refractivity (Wildman–Crippen MR) is 109 cm³/mol. The lowest BCUT2D eigenvalue weighted by Crippen LogP contribution is -2.40. The van der Waals surface area contributed by atoms with Crippen molar-refractivity contribution in [2.45, 2.75) is 51.6 Å². The van der Waals surface area contributed by atoms with E-state index in [4.69, 9.17) is 0 Å². The first-order valence-corrected chi connectivity index (χ1v) is 9.68. The standard InChI is InChI=1S/C21H28FN5O/c1-13-5-6-15(11-18(13)22)20(28)24-16-7-9-17(10-8-16)25-21-23-12-14(2)19(26-21)27(3)4/h5-6,11-12,16-17H,7-10H2,1-4H3,(H,24,28)(H,23,25,26). The summed E-state index contributed by atoms with van der Waals surface area (Å²) in [5.41, 5.74) is 1.95. The van der Waals surface area contributed by atoms with E-state index in [-0.39, 0.29) is 23.8 Å². The smallest absolute Gasteiger partial charge is 0.251 e. The Bertz CT molecular complexity index is 847. The number of hydrogen-bond donors (Lipinski definition) is 2. The maximum atomic E-state index is 13.7. The largest absolute Gasteiger partial charge is 0.362 e. The predicted octanol–water partition coefficient (Wildman–Crippen LogP) is 3.45. The average Bonchev–Trinajstić information content (AvgIpc) is 2.66. The molecule has 2 aromatic rings. The molecule has 1 fully saturated rings. The molecule has 0 bridgehead atoms. The first kappa shape index (κ1) is 20.0. The summed E-state index contributed by atoms with van der Waals surface area (Å²) in [7, 11) is 3.93. The van der Waals surface area contributed by atoms with Crippen molar-refractivity contribution in [3.05, 3.63) is 46.9 Å². The third-order valence-electron chi connectivity index (χ3n) is 5.20. The molecule has 3 rings (SSSR count). The minimum Gasteiger partial charge on any atom is -0.362 e. The fraction of sp³-hybridized carbons (Fsp3) is 0.476. The molecular formula is C21H28FN5O. The zero-order valence-electron chi connectivity index (χ0n) is 16.9. The second-order valence-electron chi connectivity index (χ2n) is 7.72. The second-order valence-corrected chi connectivity index (χ2v) is 7.72. The maximum absolute atomic E-state index is 13.7. The first-order valence-electron chi connectivity index (χ1n) is 9.68. The van der Waals surface area contributed by atoms with Gasteiger partial charge in [-0.15, -0.1) is 0 Å². The van der Waals surface area contributed by atoms with E-state index in [0.29, 0.717) is 17.1 Å². The number of nitrogens with one attached hydrogen (secondary N) is 2. The van der Waals surface area contributed by atoms with Gasteiger partial charge in [-0.05, 0) is 57.2 Å². The number of carbonyl (C=O) groups is 1. The van der Waals surface area contributed by atoms with Crippen LogP contribution in [0.25, 0.3) is 0 Å². The summed E-state index contributed by atoms with van der Waals surface area (Å²) >= 11 is 0. The van der Waals surface area contributed by atoms with E-state index in [1.54, 1.807) is 19.1 Å². The first-order chi connectivity index (χ1) is 13.3. The third kappa shape index (κ3) is 4.77. The van der Waals surface area contributed by atoms with Gasteiger partial charge >= 0.3 is 0 Å². The molecule has 0 atom stereocenters. The van der Waals surface area contributed by atoms with Crippen molar-refractivity contribution in [3.63, 3.8) is 0 Å². The van der Waals surface area contributed by atoms with E-state index in [1.807, 2.05) is 32.1 Å². The SMILES string of the molecule is Cc1ccc(C(=O)NC2CCC(Nc3ncc(C)c(N(C)C)n3)CC2)cc1F. The number of benzene rings is 1. The van der Waals surface area contributed by atoms with Crippen molar-refractivity contribution in [1.82, 2.24) is 15.3 Å². The fourth-order valence-corrected chi connectivity index (χ4v) is 3.52. The molecule has 7 heteroatoms. The van der Waals surface area contributed by atoms with Gasteiger partial charge in [-0.2, -0.15) is 4.98 Å². The van der Waals surface area contributed by atoms with E-state index < -0.39 is 0 Å². The second kappa shape index (κ2) is 8.54. The quantitative estimate of drug-likeness (QED) is 0.825. The molecule has 1 aromatic carbocycles. The van der Waals surface area contributed by atoms with Crippen molar-refractivity contribution in [2.75, 3.05) is 24.3 Å². The minimum absolute atomic E-state index is 0.103. The maximum Gasteiger partial charge on any atom is 0.251 e. The molecule has 1 aromatic heterocycles. The Hall–Kier alpha value is -2.70. The number of anilines is 2. The Labute approximate surface area is 165 Å². The molecule has 0 unspecified atom stereocenters. The fourth-order valence-electron chi connectivity index (χ4n) is 3.52. The van der Waals surface area contributed by atoms with Crippen LogP contribution in [0.2, 0.25) is 0 Å². The highest BCUT2D eigenvalue weighted by Gasteiger charge is 2.23. The third-order valence-corrected chi connectivity index (χ3v) is 5.20. The number of amides is 1. The van der Waals surface area contributed by atoms with Crippen LogP contribution in [-0.2, 0) is 0 Å². The number of nitrogens with zero attached hydrogens (tertiary/aromatic N) is 3. The Morgan fingerprint density at radius 3 is 2.43 bits per heavy atom. The minimum atomic E-state index is -0.351. The number of aromatic nitrogens is 2. The topological polar surface area (TPSA) is 70.2 Å². The van der Waals surface area contributed by atoms with Crippen LogP contribution in [0.15, 0.2) is 24.4 Å². The number of halogens is 1. The van der Waals surface area contributed by atoms with Crippen LogP contribution in [0, 0.1) is 19.7 Å². The zero-order chi connectivity index (χ0) is 20.3. The van der Waals surface area contributed by atoms with Gasteiger partial charge in [-0.25, -0.2) is 9.37 Å². The van der Waals surface area contributed by atoms with E-state index in [2.05, 4.69) is 20.6 Å². The molecule has 2 N–H and O–H groups in total. The summed E-state index contributed by atoms with van der Waals surface area (Å²) < 4.78 is 13.7. The van der Waals surface area contributed by atoms with Crippen molar-refractivity contribution in [2.24, 2.45) is 0 Å². The normalized spacial score (nSPS) is 19.2. The molecule has 28 heavy (non-hydrogen) atoms. The summed E-state index contributed by atoms with van der Waals surface area (Å²) in [6.45, 7) is 3.68. The molecule has 1 heterocycles. The molecule has 0 radical (unpaired) electrons. The van der Waals surface area contributed by atoms with Gasteiger partial charge in [0.1, 0.15) is 11.6 Å². The lowest BCUT2D eigenvalue weighted by atomic mass is 9.91. The lowest BCUT2D eigenvalue weighted by Gasteiger charge is -2.30. The summed E-state index contributed by atoms with van der Waals surface area (Å²) in [5.74, 6) is 0.976. The van der Waals surface area contributed by atoms with Gasteiger partial charge < -0.3 is 15.5 Å². The summed E-state index contributed by atoms with van der Waals surface area (Å²) in [4.78, 5) is 23.3. The van der Waals surface area contributed by atoms with Crippen molar-refractivity contribution >= 4 is 17.7 Å². The number of hydrogen-bond acceptors (Lipinski definition) is 5. The molecule has 1 amide bonds. The van der Waals surface area contributed by atoms with Gasteiger partial charge in [0.2, 0.25) is 5.95 Å². The van der Waals surface area contributed by atoms with Crippen LogP contribution in [0.3, 0.4) is 0 Å². The molecular weight excluding hydrogens is 357 g/mol. The molecule has 1 saturated carbocycles. The average molecular weight is 385 g/mol.